The van der Waals surface area contributed by atoms with E-state index in [1.807, 2.05) is 20.8 Å². The van der Waals surface area contributed by atoms with E-state index < -0.39 is 5.97 Å². The molecule has 0 radical (unpaired) electrons. The van der Waals surface area contributed by atoms with Crippen molar-refractivity contribution in [1.29, 1.82) is 0 Å². The molecule has 1 atom stereocenters. The van der Waals surface area contributed by atoms with Gasteiger partial charge in [0.15, 0.2) is 0 Å². The number of hydrogen-bond acceptors (Lipinski definition) is 4. The lowest BCUT2D eigenvalue weighted by molar-refractivity contribution is -0.379. The Morgan fingerprint density at radius 2 is 1.30 bits per heavy atom. The monoisotopic (exact) mass is 306 g/mol. The SMILES string of the molecule is CCCCCCCC(S)CC(OCC)(OCC)OCC. The van der Waals surface area contributed by atoms with Gasteiger partial charge in [-0.3, -0.25) is 0 Å². The van der Waals surface area contributed by atoms with Crippen LogP contribution in [-0.2, 0) is 14.2 Å². The highest BCUT2D eigenvalue weighted by Gasteiger charge is 2.34. The van der Waals surface area contributed by atoms with E-state index in [1.165, 1.54) is 32.1 Å². The highest BCUT2D eigenvalue weighted by molar-refractivity contribution is 7.80. The highest BCUT2D eigenvalue weighted by atomic mass is 32.1. The summed E-state index contributed by atoms with van der Waals surface area (Å²) in [5, 5.41) is 0.251. The Hall–Kier alpha value is 0.230. The number of unbranched alkanes of at least 4 members (excludes halogenated alkanes) is 4. The molecule has 0 heterocycles. The van der Waals surface area contributed by atoms with Crippen molar-refractivity contribution in [2.75, 3.05) is 19.8 Å². The van der Waals surface area contributed by atoms with Crippen LogP contribution in [0.5, 0.6) is 0 Å². The van der Waals surface area contributed by atoms with Crippen LogP contribution in [0.2, 0.25) is 0 Å². The fraction of sp³-hybridized carbons (Fsp3) is 1.00. The standard InChI is InChI=1S/C16H34O3S/c1-5-9-10-11-12-13-15(20)14-16(17-6-2,18-7-3)19-8-4/h15,20H,5-14H2,1-4H3. The lowest BCUT2D eigenvalue weighted by atomic mass is 10.1. The first-order valence-electron chi connectivity index (χ1n) is 8.24. The first kappa shape index (κ1) is 20.2. The second-order valence-corrected chi connectivity index (χ2v) is 5.77. The molecule has 122 valence electrons. The molecule has 0 amide bonds. The molecule has 0 bridgehead atoms. The summed E-state index contributed by atoms with van der Waals surface area (Å²) in [4.78, 5) is 0. The van der Waals surface area contributed by atoms with Gasteiger partial charge < -0.3 is 14.2 Å². The highest BCUT2D eigenvalue weighted by Crippen LogP contribution is 2.27. The molecule has 0 aromatic rings. The van der Waals surface area contributed by atoms with E-state index in [9.17, 15) is 0 Å². The minimum absolute atomic E-state index is 0.251. The Morgan fingerprint density at radius 3 is 1.75 bits per heavy atom. The van der Waals surface area contributed by atoms with Crippen molar-refractivity contribution in [3.05, 3.63) is 0 Å². The summed E-state index contributed by atoms with van der Waals surface area (Å²) in [6.07, 6.45) is 8.21. The Kier molecular flexibility index (Phi) is 13.1. The minimum Gasteiger partial charge on any atom is -0.328 e. The average molecular weight is 307 g/mol. The third-order valence-electron chi connectivity index (χ3n) is 3.22. The van der Waals surface area contributed by atoms with Gasteiger partial charge in [0.2, 0.25) is 0 Å². The van der Waals surface area contributed by atoms with Gasteiger partial charge in [-0.25, -0.2) is 0 Å². The van der Waals surface area contributed by atoms with Gasteiger partial charge in [-0.2, -0.15) is 12.6 Å². The van der Waals surface area contributed by atoms with Crippen LogP contribution >= 0.6 is 12.6 Å². The molecule has 0 aliphatic carbocycles. The van der Waals surface area contributed by atoms with Gasteiger partial charge in [-0.1, -0.05) is 39.0 Å². The molecular weight excluding hydrogens is 272 g/mol. The van der Waals surface area contributed by atoms with Crippen molar-refractivity contribution in [2.24, 2.45) is 0 Å². The summed E-state index contributed by atoms with van der Waals surface area (Å²) in [6, 6.07) is 0. The zero-order valence-electron chi connectivity index (χ0n) is 13.8. The topological polar surface area (TPSA) is 27.7 Å². The van der Waals surface area contributed by atoms with Gasteiger partial charge in [-0.05, 0) is 27.2 Å². The smallest absolute Gasteiger partial charge is 0.283 e. The quantitative estimate of drug-likeness (QED) is 0.284. The third kappa shape index (κ3) is 9.22. The summed E-state index contributed by atoms with van der Waals surface area (Å²) in [5.41, 5.74) is 0. The zero-order valence-corrected chi connectivity index (χ0v) is 14.7. The van der Waals surface area contributed by atoms with Crippen molar-refractivity contribution < 1.29 is 14.2 Å². The van der Waals surface area contributed by atoms with E-state index in [4.69, 9.17) is 14.2 Å². The number of hydrogen-bond donors (Lipinski definition) is 1. The van der Waals surface area contributed by atoms with Crippen molar-refractivity contribution in [3.8, 4) is 0 Å². The molecule has 0 aliphatic rings. The maximum Gasteiger partial charge on any atom is 0.283 e. The molecule has 0 saturated heterocycles. The van der Waals surface area contributed by atoms with Crippen LogP contribution in [-0.4, -0.2) is 31.0 Å². The van der Waals surface area contributed by atoms with Crippen LogP contribution < -0.4 is 0 Å². The molecule has 4 heteroatoms. The molecule has 0 saturated carbocycles. The first-order chi connectivity index (χ1) is 9.64. The Bertz CT molecular complexity index is 195. The van der Waals surface area contributed by atoms with E-state index in [-0.39, 0.29) is 5.25 Å². The molecule has 0 spiro atoms. The van der Waals surface area contributed by atoms with Gasteiger partial charge in [0.25, 0.3) is 5.97 Å². The number of thiol groups is 1. The van der Waals surface area contributed by atoms with Crippen LogP contribution in [0.1, 0.15) is 72.6 Å². The fourth-order valence-corrected chi connectivity index (χ4v) is 2.74. The molecule has 1 unspecified atom stereocenters. The molecule has 3 nitrogen and oxygen atoms in total. The normalized spacial score (nSPS) is 13.7. The maximum absolute atomic E-state index is 5.73. The Balaban J connectivity index is 4.18. The lowest BCUT2D eigenvalue weighted by Crippen LogP contribution is -2.41. The Labute approximate surface area is 131 Å². The van der Waals surface area contributed by atoms with Crippen LogP contribution in [0.25, 0.3) is 0 Å². The molecule has 0 N–H and O–H groups in total. The number of rotatable bonds is 14. The molecule has 0 rings (SSSR count). The Morgan fingerprint density at radius 1 is 0.800 bits per heavy atom. The second kappa shape index (κ2) is 12.9. The summed E-state index contributed by atoms with van der Waals surface area (Å²) in [5.74, 6) is -0.909. The van der Waals surface area contributed by atoms with Crippen LogP contribution in [0.3, 0.4) is 0 Å². The van der Waals surface area contributed by atoms with Crippen LogP contribution in [0.15, 0.2) is 0 Å². The summed E-state index contributed by atoms with van der Waals surface area (Å²) >= 11 is 4.69. The second-order valence-electron chi connectivity index (χ2n) is 5.04. The summed E-state index contributed by atoms with van der Waals surface area (Å²) in [6.45, 7) is 9.87. The van der Waals surface area contributed by atoms with Crippen molar-refractivity contribution >= 4 is 12.6 Å². The summed E-state index contributed by atoms with van der Waals surface area (Å²) in [7, 11) is 0. The lowest BCUT2D eigenvalue weighted by Gasteiger charge is -2.34. The summed E-state index contributed by atoms with van der Waals surface area (Å²) < 4.78 is 17.2. The molecular formula is C16H34O3S. The zero-order chi connectivity index (χ0) is 15.3. The van der Waals surface area contributed by atoms with Crippen molar-refractivity contribution in [2.45, 2.75) is 83.9 Å². The third-order valence-corrected chi connectivity index (χ3v) is 3.66. The predicted molar refractivity (Wildman–Crippen MR) is 88.4 cm³/mol. The van der Waals surface area contributed by atoms with Gasteiger partial charge in [-0.15, -0.1) is 0 Å². The molecule has 20 heavy (non-hydrogen) atoms. The van der Waals surface area contributed by atoms with E-state index in [1.54, 1.807) is 0 Å². The number of ether oxygens (including phenoxy) is 3. The first-order valence-corrected chi connectivity index (χ1v) is 8.75. The largest absolute Gasteiger partial charge is 0.328 e. The maximum atomic E-state index is 5.73. The van der Waals surface area contributed by atoms with E-state index in [0.29, 0.717) is 26.2 Å². The predicted octanol–water partition coefficient (Wildman–Crippen LogP) is 4.80. The molecule has 0 aliphatic heterocycles. The molecule has 0 fully saturated rings. The van der Waals surface area contributed by atoms with Gasteiger partial charge in [0.1, 0.15) is 0 Å². The molecule has 0 aromatic heterocycles. The average Bonchev–Trinajstić information content (AvgIpc) is 2.39. The van der Waals surface area contributed by atoms with E-state index in [2.05, 4.69) is 19.6 Å². The van der Waals surface area contributed by atoms with Crippen molar-refractivity contribution in [3.63, 3.8) is 0 Å². The van der Waals surface area contributed by atoms with Gasteiger partial charge in [0.05, 0.1) is 0 Å². The minimum atomic E-state index is -0.909. The van der Waals surface area contributed by atoms with Crippen LogP contribution in [0.4, 0.5) is 0 Å². The van der Waals surface area contributed by atoms with E-state index in [0.717, 1.165) is 6.42 Å². The van der Waals surface area contributed by atoms with Crippen LogP contribution in [0, 0.1) is 0 Å². The molecule has 0 aromatic carbocycles. The van der Waals surface area contributed by atoms with E-state index >= 15 is 0 Å². The fourth-order valence-electron chi connectivity index (χ4n) is 2.34. The van der Waals surface area contributed by atoms with Crippen molar-refractivity contribution in [1.82, 2.24) is 0 Å². The van der Waals surface area contributed by atoms with Gasteiger partial charge >= 0.3 is 0 Å². The van der Waals surface area contributed by atoms with Gasteiger partial charge in [0, 0.05) is 31.5 Å².